The number of hydrogen-bond acceptors (Lipinski definition) is 3. The van der Waals surface area contributed by atoms with Crippen molar-refractivity contribution in [1.82, 2.24) is 4.90 Å². The van der Waals surface area contributed by atoms with Gasteiger partial charge in [0, 0.05) is 20.0 Å². The molecular weight excluding hydrogens is 276 g/mol. The van der Waals surface area contributed by atoms with Crippen LogP contribution < -0.4 is 0 Å². The van der Waals surface area contributed by atoms with Gasteiger partial charge < -0.3 is 4.90 Å². The summed E-state index contributed by atoms with van der Waals surface area (Å²) in [6, 6.07) is 6.64. The van der Waals surface area contributed by atoms with Gasteiger partial charge in [-0.2, -0.15) is 8.42 Å². The lowest BCUT2D eigenvalue weighted by atomic mass is 10.1. The van der Waals surface area contributed by atoms with Gasteiger partial charge in [-0.25, -0.2) is 0 Å². The van der Waals surface area contributed by atoms with E-state index in [-0.39, 0.29) is 22.5 Å². The summed E-state index contributed by atoms with van der Waals surface area (Å²) in [6.07, 6.45) is 2.12. The van der Waals surface area contributed by atoms with Gasteiger partial charge in [0.15, 0.2) is 0 Å². The summed E-state index contributed by atoms with van der Waals surface area (Å²) in [4.78, 5) is 13.0. The van der Waals surface area contributed by atoms with Crippen LogP contribution in [0.15, 0.2) is 33.6 Å². The van der Waals surface area contributed by atoms with Crippen molar-refractivity contribution in [2.75, 3.05) is 14.1 Å². The Morgan fingerprint density at radius 1 is 1.30 bits per heavy atom. The Bertz CT molecular complexity index is 633. The van der Waals surface area contributed by atoms with Crippen LogP contribution in [0.3, 0.4) is 0 Å². The highest BCUT2D eigenvalue weighted by molar-refractivity contribution is 7.90. The van der Waals surface area contributed by atoms with Crippen molar-refractivity contribution in [3.8, 4) is 0 Å². The smallest absolute Gasteiger partial charge is 0.283 e. The average Bonchev–Trinajstić information content (AvgIpc) is 3.17. The maximum Gasteiger partial charge on any atom is 0.283 e. The van der Waals surface area contributed by atoms with Crippen LogP contribution in [0.5, 0.6) is 0 Å². The molecule has 0 spiro atoms. The van der Waals surface area contributed by atoms with Crippen LogP contribution in [0.1, 0.15) is 24.8 Å². The Labute approximate surface area is 119 Å². The molecule has 0 radical (unpaired) electrons. The standard InChI is InChI=1S/C14H18N2O3S/c1-10(17)13-8-14(13)11-4-6-12(7-5-11)20(18,19)15-9-16(2)3/h4-7,9,13-14H,8H2,1-3H3/t13-,14-/m0/s1. The van der Waals surface area contributed by atoms with E-state index in [9.17, 15) is 13.2 Å². The summed E-state index contributed by atoms with van der Waals surface area (Å²) in [5, 5.41) is 0. The molecule has 0 unspecified atom stereocenters. The first-order valence-corrected chi connectivity index (χ1v) is 7.82. The molecule has 5 nitrogen and oxygen atoms in total. The van der Waals surface area contributed by atoms with E-state index in [0.29, 0.717) is 0 Å². The summed E-state index contributed by atoms with van der Waals surface area (Å²) in [7, 11) is -0.235. The lowest BCUT2D eigenvalue weighted by Gasteiger charge is -2.04. The fourth-order valence-corrected chi connectivity index (χ4v) is 3.03. The minimum Gasteiger partial charge on any atom is -0.368 e. The Hall–Kier alpha value is -1.69. The molecule has 0 N–H and O–H groups in total. The molecule has 1 aromatic carbocycles. The summed E-state index contributed by atoms with van der Waals surface area (Å²) in [6.45, 7) is 1.60. The van der Waals surface area contributed by atoms with Gasteiger partial charge in [0.2, 0.25) is 0 Å². The van der Waals surface area contributed by atoms with Gasteiger partial charge in [0.1, 0.15) is 12.1 Å². The zero-order valence-corrected chi connectivity index (χ0v) is 12.6. The molecule has 1 saturated carbocycles. The number of benzene rings is 1. The van der Waals surface area contributed by atoms with Gasteiger partial charge in [-0.15, -0.1) is 4.40 Å². The summed E-state index contributed by atoms with van der Waals surface area (Å²) in [5.41, 5.74) is 1.01. The van der Waals surface area contributed by atoms with Crippen LogP contribution >= 0.6 is 0 Å². The van der Waals surface area contributed by atoms with Crippen molar-refractivity contribution < 1.29 is 13.2 Å². The summed E-state index contributed by atoms with van der Waals surface area (Å²) < 4.78 is 27.4. The number of carbonyl (C=O) groups excluding carboxylic acids is 1. The van der Waals surface area contributed by atoms with E-state index in [1.165, 1.54) is 6.34 Å². The van der Waals surface area contributed by atoms with Crippen molar-refractivity contribution in [2.24, 2.45) is 10.3 Å². The molecule has 0 amide bonds. The van der Waals surface area contributed by atoms with Gasteiger partial charge in [-0.05, 0) is 37.0 Å². The van der Waals surface area contributed by atoms with Gasteiger partial charge >= 0.3 is 0 Å². The zero-order valence-electron chi connectivity index (χ0n) is 11.8. The third kappa shape index (κ3) is 3.25. The molecule has 0 heterocycles. The molecule has 2 rings (SSSR count). The van der Waals surface area contributed by atoms with Crippen molar-refractivity contribution in [1.29, 1.82) is 0 Å². The molecule has 1 aliphatic carbocycles. The predicted octanol–water partition coefficient (Wildman–Crippen LogP) is 1.66. The van der Waals surface area contributed by atoms with E-state index < -0.39 is 10.0 Å². The largest absolute Gasteiger partial charge is 0.368 e. The van der Waals surface area contributed by atoms with E-state index in [0.717, 1.165) is 12.0 Å². The summed E-state index contributed by atoms with van der Waals surface area (Å²) >= 11 is 0. The molecular formula is C14H18N2O3S. The quantitative estimate of drug-likeness (QED) is 0.612. The maximum absolute atomic E-state index is 11.9. The van der Waals surface area contributed by atoms with Crippen molar-refractivity contribution in [3.63, 3.8) is 0 Å². The molecule has 6 heteroatoms. The number of hydrogen-bond donors (Lipinski definition) is 0. The van der Waals surface area contributed by atoms with Crippen LogP contribution in [-0.4, -0.2) is 39.5 Å². The van der Waals surface area contributed by atoms with E-state index in [2.05, 4.69) is 4.40 Å². The first kappa shape index (κ1) is 14.7. The minimum absolute atomic E-state index is 0.101. The molecule has 1 aliphatic rings. The third-order valence-electron chi connectivity index (χ3n) is 3.34. The zero-order chi connectivity index (χ0) is 14.9. The highest BCUT2D eigenvalue weighted by atomic mass is 32.2. The first-order valence-electron chi connectivity index (χ1n) is 6.38. The van der Waals surface area contributed by atoms with Crippen molar-refractivity contribution in [3.05, 3.63) is 29.8 Å². The van der Waals surface area contributed by atoms with Crippen LogP contribution in [0.25, 0.3) is 0 Å². The fraction of sp³-hybridized carbons (Fsp3) is 0.429. The maximum atomic E-state index is 11.9. The molecule has 0 aliphatic heterocycles. The molecule has 1 aromatic rings. The average molecular weight is 294 g/mol. The van der Waals surface area contributed by atoms with E-state index in [4.69, 9.17) is 0 Å². The van der Waals surface area contributed by atoms with E-state index in [1.807, 2.05) is 0 Å². The molecule has 0 aromatic heterocycles. The van der Waals surface area contributed by atoms with Gasteiger partial charge in [0.05, 0.1) is 4.90 Å². The molecule has 0 saturated heterocycles. The topological polar surface area (TPSA) is 66.8 Å². The second-order valence-corrected chi connectivity index (χ2v) is 6.92. The number of carbonyl (C=O) groups is 1. The van der Waals surface area contributed by atoms with Crippen molar-refractivity contribution >= 4 is 22.1 Å². The van der Waals surface area contributed by atoms with Crippen LogP contribution in [0.2, 0.25) is 0 Å². The molecule has 20 heavy (non-hydrogen) atoms. The van der Waals surface area contributed by atoms with Crippen LogP contribution in [0, 0.1) is 5.92 Å². The third-order valence-corrected chi connectivity index (χ3v) is 4.58. The van der Waals surface area contributed by atoms with Gasteiger partial charge in [-0.3, -0.25) is 4.79 Å². The van der Waals surface area contributed by atoms with Crippen molar-refractivity contribution in [2.45, 2.75) is 24.2 Å². The number of sulfonamides is 1. The monoisotopic (exact) mass is 294 g/mol. The molecule has 2 atom stereocenters. The normalized spacial score (nSPS) is 21.9. The Balaban J connectivity index is 2.15. The Morgan fingerprint density at radius 3 is 2.35 bits per heavy atom. The Kier molecular flexibility index (Phi) is 3.94. The number of Topliss-reactive ketones (excluding diaryl/α,β-unsaturated/α-hetero) is 1. The first-order chi connectivity index (χ1) is 9.31. The lowest BCUT2D eigenvalue weighted by Crippen LogP contribution is -2.10. The highest BCUT2D eigenvalue weighted by Gasteiger charge is 2.41. The van der Waals surface area contributed by atoms with Gasteiger partial charge in [-0.1, -0.05) is 12.1 Å². The van der Waals surface area contributed by atoms with E-state index in [1.54, 1.807) is 50.2 Å². The number of nitrogens with zero attached hydrogens (tertiary/aromatic N) is 2. The predicted molar refractivity (Wildman–Crippen MR) is 77.3 cm³/mol. The fourth-order valence-electron chi connectivity index (χ4n) is 2.12. The van der Waals surface area contributed by atoms with Crippen LogP contribution in [0.4, 0.5) is 0 Å². The SMILES string of the molecule is CC(=O)[C@@H]1C[C@H]1c1ccc(S(=O)(=O)N=CN(C)C)cc1. The molecule has 1 fully saturated rings. The van der Waals surface area contributed by atoms with Gasteiger partial charge in [0.25, 0.3) is 10.0 Å². The number of ketones is 1. The highest BCUT2D eigenvalue weighted by Crippen LogP contribution is 2.47. The second kappa shape index (κ2) is 5.36. The summed E-state index contributed by atoms with van der Waals surface area (Å²) in [5.74, 6) is 0.543. The van der Waals surface area contributed by atoms with Crippen LogP contribution in [-0.2, 0) is 14.8 Å². The Morgan fingerprint density at radius 2 is 1.90 bits per heavy atom. The van der Waals surface area contributed by atoms with E-state index >= 15 is 0 Å². The minimum atomic E-state index is -3.65. The second-order valence-electron chi connectivity index (χ2n) is 5.29. The molecule has 108 valence electrons. The lowest BCUT2D eigenvalue weighted by molar-refractivity contribution is -0.118. The number of rotatable bonds is 5. The molecule has 0 bridgehead atoms.